The van der Waals surface area contributed by atoms with Gasteiger partial charge in [0.05, 0.1) is 27.6 Å². The van der Waals surface area contributed by atoms with Crippen molar-refractivity contribution in [2.45, 2.75) is 13.0 Å². The van der Waals surface area contributed by atoms with E-state index in [-0.39, 0.29) is 11.2 Å². The van der Waals surface area contributed by atoms with Crippen molar-refractivity contribution >= 4 is 39.1 Å². The number of likely N-dealkylation sites (N-methyl/N-ethyl adjacent to an activating group) is 1. The Kier molecular flexibility index (Phi) is 7.75. The first-order valence-corrected chi connectivity index (χ1v) is 13.2. The summed E-state index contributed by atoms with van der Waals surface area (Å²) in [7, 11) is 3.83. The number of hydrogen-bond donors (Lipinski definition) is 1. The van der Waals surface area contributed by atoms with E-state index in [1.807, 2.05) is 74.4 Å². The minimum absolute atomic E-state index is 0.0689. The lowest BCUT2D eigenvalue weighted by Crippen LogP contribution is -2.43. The van der Waals surface area contributed by atoms with Gasteiger partial charge in [-0.15, -0.1) is 0 Å². The fraction of sp³-hybridized carbons (Fsp3) is 0.194. The Morgan fingerprint density at radius 2 is 1.63 bits per heavy atom. The summed E-state index contributed by atoms with van der Waals surface area (Å²) >= 11 is 0. The van der Waals surface area contributed by atoms with Crippen molar-refractivity contribution in [3.8, 4) is 5.69 Å². The van der Waals surface area contributed by atoms with Crippen molar-refractivity contribution in [3.63, 3.8) is 0 Å². The summed E-state index contributed by atoms with van der Waals surface area (Å²) in [5.41, 5.74) is 1.31. The molecule has 5 rings (SSSR count). The smallest absolute Gasteiger partial charge is 0.313 e. The number of amides is 2. The van der Waals surface area contributed by atoms with Crippen molar-refractivity contribution in [2.24, 2.45) is 0 Å². The number of para-hydroxylation sites is 1. The molecule has 0 aliphatic rings. The van der Waals surface area contributed by atoms with Crippen molar-refractivity contribution in [1.29, 1.82) is 0 Å². The second kappa shape index (κ2) is 11.6. The maximum atomic E-state index is 14.0. The Morgan fingerprint density at radius 3 is 2.34 bits per heavy atom. The lowest BCUT2D eigenvalue weighted by molar-refractivity contribution is -0.384. The van der Waals surface area contributed by atoms with Gasteiger partial charge in [0.15, 0.2) is 0 Å². The van der Waals surface area contributed by atoms with Crippen molar-refractivity contribution in [2.75, 3.05) is 32.5 Å². The Hall–Kier alpha value is -5.09. The number of anilines is 1. The first-order chi connectivity index (χ1) is 19.7. The number of benzene rings is 4. The molecular weight excluding hydrogens is 520 g/mol. The van der Waals surface area contributed by atoms with Crippen LogP contribution in [-0.2, 0) is 0 Å². The van der Waals surface area contributed by atoms with E-state index in [9.17, 15) is 19.7 Å². The van der Waals surface area contributed by atoms with Gasteiger partial charge in [0.1, 0.15) is 5.82 Å². The first-order valence-electron chi connectivity index (χ1n) is 13.2. The summed E-state index contributed by atoms with van der Waals surface area (Å²) in [6, 6.07) is 25.5. The predicted octanol–water partition coefficient (Wildman–Crippen LogP) is 5.60. The topological polar surface area (TPSA) is 114 Å². The van der Waals surface area contributed by atoms with Gasteiger partial charge in [-0.05, 0) is 68.2 Å². The lowest BCUT2D eigenvalue weighted by Gasteiger charge is -2.31. The Labute approximate surface area is 236 Å². The predicted molar refractivity (Wildman–Crippen MR) is 161 cm³/mol. The van der Waals surface area contributed by atoms with Gasteiger partial charge >= 0.3 is 6.03 Å². The number of nitrogens with one attached hydrogen (secondary N) is 1. The number of hydrogen-bond acceptors (Lipinski definition) is 6. The summed E-state index contributed by atoms with van der Waals surface area (Å²) in [6.07, 6.45) is 0. The molecule has 1 heterocycles. The SMILES string of the molecule is CC(c1nc2ccccc2c(=O)n1-c1ccc2ccccc2c1)N(CCN(C)C)C(=O)Nc1ccc([N+](=O)[O-])cc1. The molecule has 0 aliphatic carbocycles. The van der Waals surface area contributed by atoms with E-state index < -0.39 is 17.0 Å². The molecule has 0 aliphatic heterocycles. The molecule has 208 valence electrons. The maximum Gasteiger partial charge on any atom is 0.322 e. The normalized spacial score (nSPS) is 12.0. The lowest BCUT2D eigenvalue weighted by atomic mass is 10.1. The van der Waals surface area contributed by atoms with Crippen LogP contribution in [0.5, 0.6) is 0 Å². The fourth-order valence-corrected chi connectivity index (χ4v) is 4.78. The third-order valence-corrected chi connectivity index (χ3v) is 7.01. The van der Waals surface area contributed by atoms with Crippen LogP contribution in [0.4, 0.5) is 16.2 Å². The number of urea groups is 1. The third kappa shape index (κ3) is 5.78. The zero-order valence-corrected chi connectivity index (χ0v) is 23.0. The number of fused-ring (bicyclic) bond motifs is 2. The van der Waals surface area contributed by atoms with E-state index >= 15 is 0 Å². The summed E-state index contributed by atoms with van der Waals surface area (Å²) in [6.45, 7) is 2.75. The van der Waals surface area contributed by atoms with Crippen LogP contribution in [0.15, 0.2) is 95.8 Å². The minimum atomic E-state index is -0.614. The maximum absolute atomic E-state index is 14.0. The number of non-ortho nitro benzene ring substituents is 1. The van der Waals surface area contributed by atoms with E-state index in [4.69, 9.17) is 4.98 Å². The van der Waals surface area contributed by atoms with E-state index in [2.05, 4.69) is 5.32 Å². The molecule has 0 saturated carbocycles. The second-order valence-corrected chi connectivity index (χ2v) is 10.1. The number of nitrogens with zero attached hydrogens (tertiary/aromatic N) is 5. The quantitative estimate of drug-likeness (QED) is 0.199. The number of nitro benzene ring substituents is 1. The van der Waals surface area contributed by atoms with Gasteiger partial charge in [0.2, 0.25) is 0 Å². The molecule has 0 radical (unpaired) electrons. The monoisotopic (exact) mass is 550 g/mol. The third-order valence-electron chi connectivity index (χ3n) is 7.01. The van der Waals surface area contributed by atoms with E-state index in [1.165, 1.54) is 24.3 Å². The Bertz CT molecular complexity index is 1800. The minimum Gasteiger partial charge on any atom is -0.313 e. The van der Waals surface area contributed by atoms with Gasteiger partial charge in [-0.3, -0.25) is 19.5 Å². The largest absolute Gasteiger partial charge is 0.322 e. The number of carbonyl (C=O) groups excluding carboxylic acids is 1. The summed E-state index contributed by atoms with van der Waals surface area (Å²) in [5, 5.41) is 16.4. The number of rotatable bonds is 8. The van der Waals surface area contributed by atoms with Gasteiger partial charge < -0.3 is 15.1 Å². The fourth-order valence-electron chi connectivity index (χ4n) is 4.78. The van der Waals surface area contributed by atoms with Gasteiger partial charge in [-0.1, -0.05) is 42.5 Å². The zero-order valence-electron chi connectivity index (χ0n) is 23.0. The van der Waals surface area contributed by atoms with Crippen molar-refractivity contribution < 1.29 is 9.72 Å². The molecule has 4 aromatic carbocycles. The van der Waals surface area contributed by atoms with Crippen LogP contribution in [0, 0.1) is 10.1 Å². The molecule has 1 unspecified atom stereocenters. The van der Waals surface area contributed by atoms with Crippen LogP contribution in [0.25, 0.3) is 27.4 Å². The van der Waals surface area contributed by atoms with Crippen LogP contribution in [-0.4, -0.2) is 57.5 Å². The second-order valence-electron chi connectivity index (χ2n) is 10.1. The molecule has 0 bridgehead atoms. The molecule has 10 nitrogen and oxygen atoms in total. The highest BCUT2D eigenvalue weighted by atomic mass is 16.6. The molecule has 0 fully saturated rings. The standard InChI is InChI=1S/C31H30N6O4/c1-21(35(19-18-34(2)3)31(39)32-24-13-16-25(17-14-24)37(40)41)29-33-28-11-7-6-10-27(28)30(38)36(29)26-15-12-22-8-4-5-9-23(22)20-26/h4-17,20-21H,18-19H2,1-3H3,(H,32,39). The molecule has 5 aromatic rings. The molecule has 1 N–H and O–H groups in total. The molecule has 2 amide bonds. The van der Waals surface area contributed by atoms with Gasteiger partial charge in [-0.25, -0.2) is 9.78 Å². The van der Waals surface area contributed by atoms with Gasteiger partial charge in [0.25, 0.3) is 11.2 Å². The van der Waals surface area contributed by atoms with Crippen LogP contribution in [0.2, 0.25) is 0 Å². The molecular formula is C31H30N6O4. The van der Waals surface area contributed by atoms with Crippen molar-refractivity contribution in [1.82, 2.24) is 19.4 Å². The van der Waals surface area contributed by atoms with E-state index in [0.29, 0.717) is 41.2 Å². The average molecular weight is 551 g/mol. The highest BCUT2D eigenvalue weighted by molar-refractivity contribution is 5.90. The van der Waals surface area contributed by atoms with Crippen LogP contribution < -0.4 is 10.9 Å². The molecule has 1 atom stereocenters. The number of aromatic nitrogens is 2. The molecule has 0 saturated heterocycles. The highest BCUT2D eigenvalue weighted by Crippen LogP contribution is 2.26. The summed E-state index contributed by atoms with van der Waals surface area (Å²) in [5.74, 6) is 0.418. The molecule has 1 aromatic heterocycles. The highest BCUT2D eigenvalue weighted by Gasteiger charge is 2.27. The summed E-state index contributed by atoms with van der Waals surface area (Å²) in [4.78, 5) is 46.7. The first kappa shape index (κ1) is 27.5. The Balaban J connectivity index is 1.61. The van der Waals surface area contributed by atoms with Gasteiger partial charge in [0, 0.05) is 30.9 Å². The van der Waals surface area contributed by atoms with E-state index in [0.717, 1.165) is 10.8 Å². The molecule has 10 heteroatoms. The van der Waals surface area contributed by atoms with Crippen LogP contribution in [0.3, 0.4) is 0 Å². The number of carbonyl (C=O) groups is 1. The van der Waals surface area contributed by atoms with Crippen LogP contribution >= 0.6 is 0 Å². The van der Waals surface area contributed by atoms with Crippen molar-refractivity contribution in [3.05, 3.63) is 117 Å². The Morgan fingerprint density at radius 1 is 0.951 bits per heavy atom. The average Bonchev–Trinajstić information content (AvgIpc) is 2.97. The van der Waals surface area contributed by atoms with E-state index in [1.54, 1.807) is 27.7 Å². The van der Waals surface area contributed by atoms with Crippen LogP contribution in [0.1, 0.15) is 18.8 Å². The summed E-state index contributed by atoms with van der Waals surface area (Å²) < 4.78 is 1.58. The molecule has 0 spiro atoms. The molecule has 41 heavy (non-hydrogen) atoms. The number of nitro groups is 1. The zero-order chi connectivity index (χ0) is 29.1. The van der Waals surface area contributed by atoms with Gasteiger partial charge in [-0.2, -0.15) is 0 Å².